The number of nitrogens with zero attached hydrogens (tertiary/aromatic N) is 2. The van der Waals surface area contributed by atoms with E-state index in [9.17, 15) is 9.18 Å². The molecule has 3 unspecified atom stereocenters. The van der Waals surface area contributed by atoms with E-state index in [0.29, 0.717) is 25.0 Å². The molecule has 0 bridgehead atoms. The summed E-state index contributed by atoms with van der Waals surface area (Å²) in [5, 5.41) is 2.09. The summed E-state index contributed by atoms with van der Waals surface area (Å²) in [6.45, 7) is 8.88. The zero-order valence-electron chi connectivity index (χ0n) is 22.3. The second-order valence-corrected chi connectivity index (χ2v) is 11.7. The molecule has 3 aliphatic heterocycles. The number of halogens is 1. The van der Waals surface area contributed by atoms with Crippen LogP contribution in [0.2, 0.25) is 0 Å². The van der Waals surface area contributed by atoms with Crippen LogP contribution in [0.3, 0.4) is 0 Å². The second-order valence-electron chi connectivity index (χ2n) is 11.7. The van der Waals surface area contributed by atoms with E-state index in [2.05, 4.69) is 17.0 Å². The molecule has 6 heteroatoms. The van der Waals surface area contributed by atoms with E-state index in [-0.39, 0.29) is 23.7 Å². The maximum atomic E-state index is 13.8. The van der Waals surface area contributed by atoms with Crippen molar-refractivity contribution in [2.24, 2.45) is 11.8 Å². The average molecular weight is 517 g/mol. The first-order valence-electron chi connectivity index (χ1n) is 13.9. The Morgan fingerprint density at radius 1 is 0.974 bits per heavy atom. The Hall–Kier alpha value is -2.80. The molecule has 38 heavy (non-hydrogen) atoms. The standard InChI is InChI=1S/C32H37FN2O3/c1-32(2)37-21-30(38-32)29-20-35(31(36)28-9-5-7-24-6-3-4-8-27(24)28)19-25(29)18-34-16-14-23(15-17-34)22-10-12-26(33)13-11-22/h3-13,23,25,29-30H,14-21H2,1-2H3. The van der Waals surface area contributed by atoms with Gasteiger partial charge in [-0.25, -0.2) is 4.39 Å². The number of ether oxygens (including phenoxy) is 2. The highest BCUT2D eigenvalue weighted by atomic mass is 19.1. The van der Waals surface area contributed by atoms with Crippen molar-refractivity contribution in [2.75, 3.05) is 39.3 Å². The minimum Gasteiger partial charge on any atom is -0.348 e. The van der Waals surface area contributed by atoms with Crippen LogP contribution >= 0.6 is 0 Å². The molecule has 3 aliphatic rings. The molecular formula is C32H37FN2O3. The molecule has 3 saturated heterocycles. The fourth-order valence-electron chi connectivity index (χ4n) is 6.70. The van der Waals surface area contributed by atoms with Crippen molar-refractivity contribution in [3.8, 4) is 0 Å². The van der Waals surface area contributed by atoms with E-state index >= 15 is 0 Å². The van der Waals surface area contributed by atoms with Crippen LogP contribution in [0.5, 0.6) is 0 Å². The summed E-state index contributed by atoms with van der Waals surface area (Å²) >= 11 is 0. The molecule has 0 N–H and O–H groups in total. The van der Waals surface area contributed by atoms with Gasteiger partial charge in [-0.05, 0) is 86.1 Å². The van der Waals surface area contributed by atoms with Crippen molar-refractivity contribution < 1.29 is 18.7 Å². The van der Waals surface area contributed by atoms with Gasteiger partial charge in [0.25, 0.3) is 5.91 Å². The fourth-order valence-corrected chi connectivity index (χ4v) is 6.70. The third-order valence-corrected chi connectivity index (χ3v) is 8.73. The van der Waals surface area contributed by atoms with Gasteiger partial charge >= 0.3 is 0 Å². The molecule has 200 valence electrons. The molecule has 0 spiro atoms. The summed E-state index contributed by atoms with van der Waals surface area (Å²) in [4.78, 5) is 18.4. The van der Waals surface area contributed by atoms with Crippen LogP contribution < -0.4 is 0 Å². The van der Waals surface area contributed by atoms with Crippen LogP contribution in [-0.2, 0) is 9.47 Å². The summed E-state index contributed by atoms with van der Waals surface area (Å²) in [6.07, 6.45) is 2.12. The van der Waals surface area contributed by atoms with Crippen molar-refractivity contribution in [3.63, 3.8) is 0 Å². The van der Waals surface area contributed by atoms with Gasteiger partial charge in [-0.2, -0.15) is 0 Å². The van der Waals surface area contributed by atoms with E-state index in [1.54, 1.807) is 12.1 Å². The normalized spacial score (nSPS) is 26.3. The van der Waals surface area contributed by atoms with E-state index in [1.807, 2.05) is 61.2 Å². The van der Waals surface area contributed by atoms with E-state index in [4.69, 9.17) is 9.47 Å². The number of benzene rings is 3. The van der Waals surface area contributed by atoms with Crippen LogP contribution in [0, 0.1) is 17.7 Å². The maximum Gasteiger partial charge on any atom is 0.254 e. The van der Waals surface area contributed by atoms with Gasteiger partial charge in [0.05, 0.1) is 12.7 Å². The zero-order valence-corrected chi connectivity index (χ0v) is 22.3. The minimum absolute atomic E-state index is 0.0166. The molecule has 0 aliphatic carbocycles. The van der Waals surface area contributed by atoms with Crippen molar-refractivity contribution in [3.05, 3.63) is 83.7 Å². The average Bonchev–Trinajstić information content (AvgIpc) is 3.51. The van der Waals surface area contributed by atoms with Gasteiger partial charge in [0, 0.05) is 31.1 Å². The Bertz CT molecular complexity index is 1280. The third-order valence-electron chi connectivity index (χ3n) is 8.73. The molecule has 3 heterocycles. The Morgan fingerprint density at radius 2 is 1.71 bits per heavy atom. The van der Waals surface area contributed by atoms with Gasteiger partial charge in [0.2, 0.25) is 0 Å². The van der Waals surface area contributed by atoms with Gasteiger partial charge < -0.3 is 19.3 Å². The highest BCUT2D eigenvalue weighted by Gasteiger charge is 2.46. The Labute approximate surface area is 224 Å². The quantitative estimate of drug-likeness (QED) is 0.436. The maximum absolute atomic E-state index is 13.8. The molecule has 3 atom stereocenters. The molecule has 3 fully saturated rings. The van der Waals surface area contributed by atoms with Gasteiger partial charge in [0.1, 0.15) is 5.82 Å². The van der Waals surface area contributed by atoms with Crippen LogP contribution in [0.4, 0.5) is 4.39 Å². The van der Waals surface area contributed by atoms with Crippen molar-refractivity contribution in [1.29, 1.82) is 0 Å². The van der Waals surface area contributed by atoms with Crippen LogP contribution in [0.25, 0.3) is 10.8 Å². The predicted octanol–water partition coefficient (Wildman–Crippen LogP) is 5.70. The van der Waals surface area contributed by atoms with Crippen molar-refractivity contribution in [2.45, 2.75) is 44.5 Å². The Morgan fingerprint density at radius 3 is 2.45 bits per heavy atom. The van der Waals surface area contributed by atoms with Crippen LogP contribution in [0.15, 0.2) is 66.7 Å². The summed E-state index contributed by atoms with van der Waals surface area (Å²) in [5.41, 5.74) is 2.00. The lowest BCUT2D eigenvalue weighted by Crippen LogP contribution is -2.41. The largest absolute Gasteiger partial charge is 0.348 e. The molecule has 3 aromatic carbocycles. The van der Waals surface area contributed by atoms with Crippen molar-refractivity contribution >= 4 is 16.7 Å². The smallest absolute Gasteiger partial charge is 0.254 e. The fraction of sp³-hybridized carbons (Fsp3) is 0.469. The first kappa shape index (κ1) is 25.5. The van der Waals surface area contributed by atoms with Gasteiger partial charge in [-0.1, -0.05) is 48.5 Å². The number of fused-ring (bicyclic) bond motifs is 1. The first-order valence-corrected chi connectivity index (χ1v) is 13.9. The highest BCUT2D eigenvalue weighted by molar-refractivity contribution is 6.07. The monoisotopic (exact) mass is 516 g/mol. The summed E-state index contributed by atoms with van der Waals surface area (Å²) < 4.78 is 25.7. The molecule has 0 saturated carbocycles. The Balaban J connectivity index is 1.17. The lowest BCUT2D eigenvalue weighted by Gasteiger charge is -2.35. The molecule has 5 nitrogen and oxygen atoms in total. The van der Waals surface area contributed by atoms with E-state index in [0.717, 1.165) is 55.4 Å². The second kappa shape index (κ2) is 10.4. The highest BCUT2D eigenvalue weighted by Crippen LogP contribution is 2.37. The van der Waals surface area contributed by atoms with Crippen LogP contribution in [0.1, 0.15) is 48.5 Å². The number of hydrogen-bond acceptors (Lipinski definition) is 4. The summed E-state index contributed by atoms with van der Waals surface area (Å²) in [7, 11) is 0. The number of rotatable bonds is 5. The Kier molecular flexibility index (Phi) is 6.97. The lowest BCUT2D eigenvalue weighted by atomic mass is 9.87. The molecule has 1 amide bonds. The number of carbonyl (C=O) groups is 1. The molecule has 0 aromatic heterocycles. The van der Waals surface area contributed by atoms with Gasteiger partial charge in [-0.3, -0.25) is 4.79 Å². The topological polar surface area (TPSA) is 42.0 Å². The number of likely N-dealkylation sites (tertiary alicyclic amines) is 2. The number of amides is 1. The van der Waals surface area contributed by atoms with Crippen molar-refractivity contribution in [1.82, 2.24) is 9.80 Å². The van der Waals surface area contributed by atoms with Crippen LogP contribution in [-0.4, -0.2) is 66.9 Å². The molecular weight excluding hydrogens is 479 g/mol. The number of hydrogen-bond donors (Lipinski definition) is 0. The summed E-state index contributed by atoms with van der Waals surface area (Å²) in [6, 6.07) is 21.1. The first-order chi connectivity index (χ1) is 18.4. The minimum atomic E-state index is -0.588. The van der Waals surface area contributed by atoms with E-state index < -0.39 is 5.79 Å². The molecule has 6 rings (SSSR count). The number of piperidine rings is 1. The lowest BCUT2D eigenvalue weighted by molar-refractivity contribution is -0.145. The summed E-state index contributed by atoms with van der Waals surface area (Å²) in [5.74, 6) is 0.354. The molecule has 3 aromatic rings. The number of carbonyl (C=O) groups excluding carboxylic acids is 1. The van der Waals surface area contributed by atoms with E-state index in [1.165, 1.54) is 5.56 Å². The van der Waals surface area contributed by atoms with Gasteiger partial charge in [0.15, 0.2) is 5.79 Å². The zero-order chi connectivity index (χ0) is 26.3. The molecule has 0 radical (unpaired) electrons. The SMILES string of the molecule is CC1(C)OCC(C2CN(C(=O)c3cccc4ccccc34)CC2CN2CCC(c3ccc(F)cc3)CC2)O1. The van der Waals surface area contributed by atoms with Gasteiger partial charge in [-0.15, -0.1) is 0 Å². The third kappa shape index (κ3) is 5.22. The predicted molar refractivity (Wildman–Crippen MR) is 147 cm³/mol.